The summed E-state index contributed by atoms with van der Waals surface area (Å²) in [7, 11) is 0. The number of carboxylic acid groups (broad SMARTS) is 1. The highest BCUT2D eigenvalue weighted by Gasteiger charge is 2.14. The Kier molecular flexibility index (Phi) is 4.94. The Morgan fingerprint density at radius 3 is 2.50 bits per heavy atom. The monoisotopic (exact) mass is 146 g/mol. The van der Waals surface area contributed by atoms with Crippen LogP contribution in [0.15, 0.2) is 0 Å². The maximum atomic E-state index is 10.4. The molecule has 3 nitrogen and oxygen atoms in total. The lowest BCUT2D eigenvalue weighted by Crippen LogP contribution is -2.23. The lowest BCUT2D eigenvalue weighted by atomic mass is 10.2. The van der Waals surface area contributed by atoms with E-state index >= 15 is 0 Å². The van der Waals surface area contributed by atoms with Gasteiger partial charge in [-0.1, -0.05) is 13.3 Å². The normalized spacial score (nSPS) is 13.0. The van der Waals surface area contributed by atoms with Gasteiger partial charge in [-0.2, -0.15) is 0 Å². The van der Waals surface area contributed by atoms with Crippen LogP contribution in [0, 0.1) is 0 Å². The molecule has 0 bridgehead atoms. The van der Waals surface area contributed by atoms with Gasteiger partial charge in [-0.15, -0.1) is 0 Å². The Hall–Kier alpha value is -0.570. The van der Waals surface area contributed by atoms with Crippen molar-refractivity contribution in [3.63, 3.8) is 0 Å². The van der Waals surface area contributed by atoms with E-state index in [0.29, 0.717) is 13.0 Å². The molecule has 0 aliphatic rings. The Bertz CT molecular complexity index is 95.0. The van der Waals surface area contributed by atoms with Crippen LogP contribution in [-0.4, -0.2) is 23.8 Å². The maximum Gasteiger partial charge on any atom is 0.332 e. The highest BCUT2D eigenvalue weighted by Crippen LogP contribution is 2.01. The van der Waals surface area contributed by atoms with Crippen molar-refractivity contribution in [3.8, 4) is 0 Å². The molecule has 0 aromatic heterocycles. The molecular weight excluding hydrogens is 132 g/mol. The molecule has 0 saturated carbocycles. The molecule has 1 N–H and O–H groups in total. The minimum Gasteiger partial charge on any atom is -0.479 e. The maximum absolute atomic E-state index is 10.4. The van der Waals surface area contributed by atoms with E-state index in [9.17, 15) is 4.79 Å². The number of aliphatic carboxylic acids is 1. The van der Waals surface area contributed by atoms with Gasteiger partial charge in [0.2, 0.25) is 0 Å². The first-order valence-electron chi connectivity index (χ1n) is 3.56. The summed E-state index contributed by atoms with van der Waals surface area (Å²) in [5.41, 5.74) is 0. The average Bonchev–Trinajstić information content (AvgIpc) is 1.87. The van der Waals surface area contributed by atoms with Crippen LogP contribution in [0.1, 0.15) is 26.7 Å². The Morgan fingerprint density at radius 2 is 2.20 bits per heavy atom. The lowest BCUT2D eigenvalue weighted by Gasteiger charge is -2.09. The van der Waals surface area contributed by atoms with Gasteiger partial charge >= 0.3 is 5.97 Å². The van der Waals surface area contributed by atoms with E-state index in [1.54, 1.807) is 6.92 Å². The van der Waals surface area contributed by atoms with Crippen molar-refractivity contribution >= 4 is 5.97 Å². The van der Waals surface area contributed by atoms with Gasteiger partial charge in [0.05, 0.1) is 0 Å². The third-order valence-corrected chi connectivity index (χ3v) is 1.19. The standard InChI is InChI=1S/C7H14O3/c1-3-5-6(7(8)9)10-4-2/h6H,3-5H2,1-2H3,(H,8,9). The van der Waals surface area contributed by atoms with Gasteiger partial charge in [-0.25, -0.2) is 4.79 Å². The van der Waals surface area contributed by atoms with Crippen LogP contribution in [0.2, 0.25) is 0 Å². The molecule has 0 rings (SSSR count). The molecule has 10 heavy (non-hydrogen) atoms. The summed E-state index contributed by atoms with van der Waals surface area (Å²) in [5.74, 6) is -0.858. The predicted molar refractivity (Wildman–Crippen MR) is 38.0 cm³/mol. The molecule has 0 saturated heterocycles. The molecule has 0 aromatic carbocycles. The van der Waals surface area contributed by atoms with Crippen LogP contribution in [0.25, 0.3) is 0 Å². The van der Waals surface area contributed by atoms with Gasteiger partial charge < -0.3 is 9.84 Å². The molecule has 0 spiro atoms. The molecule has 60 valence electrons. The molecule has 0 amide bonds. The second kappa shape index (κ2) is 5.23. The summed E-state index contributed by atoms with van der Waals surface area (Å²) in [6, 6.07) is 0. The van der Waals surface area contributed by atoms with Crippen LogP contribution in [0.5, 0.6) is 0 Å². The second-order valence-electron chi connectivity index (χ2n) is 2.07. The molecule has 0 fully saturated rings. The first-order chi connectivity index (χ1) is 4.72. The van der Waals surface area contributed by atoms with Crippen LogP contribution in [0.3, 0.4) is 0 Å². The lowest BCUT2D eigenvalue weighted by molar-refractivity contribution is -0.150. The SMILES string of the molecule is CCCC(OCC)C(=O)O. The number of hydrogen-bond acceptors (Lipinski definition) is 2. The highest BCUT2D eigenvalue weighted by atomic mass is 16.5. The van der Waals surface area contributed by atoms with Gasteiger partial charge in [0, 0.05) is 6.61 Å². The van der Waals surface area contributed by atoms with Crippen LogP contribution >= 0.6 is 0 Å². The Morgan fingerprint density at radius 1 is 1.60 bits per heavy atom. The minimum atomic E-state index is -0.858. The summed E-state index contributed by atoms with van der Waals surface area (Å²) in [4.78, 5) is 10.4. The van der Waals surface area contributed by atoms with Crippen LogP contribution in [-0.2, 0) is 9.53 Å². The summed E-state index contributed by atoms with van der Waals surface area (Å²) < 4.78 is 4.94. The van der Waals surface area contributed by atoms with E-state index in [1.165, 1.54) is 0 Å². The Labute approximate surface area is 61.0 Å². The van der Waals surface area contributed by atoms with Crippen molar-refractivity contribution in [3.05, 3.63) is 0 Å². The van der Waals surface area contributed by atoms with E-state index in [1.807, 2.05) is 6.92 Å². The molecule has 0 aromatic rings. The van der Waals surface area contributed by atoms with Crippen molar-refractivity contribution in [1.82, 2.24) is 0 Å². The summed E-state index contributed by atoms with van der Waals surface area (Å²) in [6.45, 7) is 4.21. The van der Waals surface area contributed by atoms with Crippen molar-refractivity contribution in [2.75, 3.05) is 6.61 Å². The van der Waals surface area contributed by atoms with E-state index in [4.69, 9.17) is 9.84 Å². The highest BCUT2D eigenvalue weighted by molar-refractivity contribution is 5.72. The van der Waals surface area contributed by atoms with Gasteiger partial charge in [0.1, 0.15) is 0 Å². The zero-order valence-corrected chi connectivity index (χ0v) is 6.46. The average molecular weight is 146 g/mol. The topological polar surface area (TPSA) is 46.5 Å². The molecule has 0 aliphatic carbocycles. The van der Waals surface area contributed by atoms with Gasteiger partial charge in [0.15, 0.2) is 6.10 Å². The van der Waals surface area contributed by atoms with Crippen molar-refractivity contribution in [1.29, 1.82) is 0 Å². The first-order valence-corrected chi connectivity index (χ1v) is 3.56. The van der Waals surface area contributed by atoms with E-state index < -0.39 is 12.1 Å². The van der Waals surface area contributed by atoms with Gasteiger partial charge in [-0.3, -0.25) is 0 Å². The minimum absolute atomic E-state index is 0.469. The van der Waals surface area contributed by atoms with Crippen molar-refractivity contribution < 1.29 is 14.6 Å². The molecule has 0 aliphatic heterocycles. The number of rotatable bonds is 5. The molecule has 1 unspecified atom stereocenters. The summed E-state index contributed by atoms with van der Waals surface area (Å²) >= 11 is 0. The number of carbonyl (C=O) groups is 1. The third kappa shape index (κ3) is 3.45. The van der Waals surface area contributed by atoms with Crippen molar-refractivity contribution in [2.24, 2.45) is 0 Å². The number of carboxylic acids is 1. The van der Waals surface area contributed by atoms with Gasteiger partial charge in [0.25, 0.3) is 0 Å². The zero-order chi connectivity index (χ0) is 7.98. The van der Waals surface area contributed by atoms with Crippen molar-refractivity contribution in [2.45, 2.75) is 32.8 Å². The molecule has 0 heterocycles. The smallest absolute Gasteiger partial charge is 0.332 e. The quantitative estimate of drug-likeness (QED) is 0.635. The zero-order valence-electron chi connectivity index (χ0n) is 6.46. The molecule has 0 radical (unpaired) electrons. The molecule has 1 atom stereocenters. The summed E-state index contributed by atoms with van der Waals surface area (Å²) in [6.07, 6.45) is 0.843. The second-order valence-corrected chi connectivity index (χ2v) is 2.07. The Balaban J connectivity index is 3.61. The number of hydrogen-bond donors (Lipinski definition) is 1. The largest absolute Gasteiger partial charge is 0.479 e. The molecular formula is C7H14O3. The van der Waals surface area contributed by atoms with E-state index in [2.05, 4.69) is 0 Å². The fourth-order valence-electron chi connectivity index (χ4n) is 0.741. The van der Waals surface area contributed by atoms with Crippen LogP contribution in [0.4, 0.5) is 0 Å². The fourth-order valence-corrected chi connectivity index (χ4v) is 0.741. The number of ether oxygens (including phenoxy) is 1. The van der Waals surface area contributed by atoms with Crippen LogP contribution < -0.4 is 0 Å². The summed E-state index contributed by atoms with van der Waals surface area (Å²) in [5, 5.41) is 8.51. The molecule has 3 heteroatoms. The van der Waals surface area contributed by atoms with E-state index in [0.717, 1.165) is 6.42 Å². The third-order valence-electron chi connectivity index (χ3n) is 1.19. The predicted octanol–water partition coefficient (Wildman–Crippen LogP) is 1.28. The first kappa shape index (κ1) is 9.43. The van der Waals surface area contributed by atoms with E-state index in [-0.39, 0.29) is 0 Å². The fraction of sp³-hybridized carbons (Fsp3) is 0.857. The van der Waals surface area contributed by atoms with Gasteiger partial charge in [-0.05, 0) is 13.3 Å².